The summed E-state index contributed by atoms with van der Waals surface area (Å²) in [4.78, 5) is 20.3. The molecular weight excluding hydrogens is 352 g/mol. The van der Waals surface area contributed by atoms with Gasteiger partial charge in [-0.05, 0) is 36.8 Å². The molecule has 2 heterocycles. The molecule has 0 spiro atoms. The van der Waals surface area contributed by atoms with Gasteiger partial charge in [0.2, 0.25) is 0 Å². The van der Waals surface area contributed by atoms with Crippen molar-refractivity contribution in [3.63, 3.8) is 0 Å². The molecule has 4 nitrogen and oxygen atoms in total. The number of fused-ring (bicyclic) bond motifs is 3. The van der Waals surface area contributed by atoms with Crippen LogP contribution in [0.4, 0.5) is 0 Å². The molecule has 0 atom stereocenters. The van der Waals surface area contributed by atoms with E-state index in [4.69, 9.17) is 4.98 Å². The van der Waals surface area contributed by atoms with Crippen molar-refractivity contribution in [3.05, 3.63) is 56.7 Å². The van der Waals surface area contributed by atoms with Crippen LogP contribution in [0.25, 0.3) is 10.2 Å². The van der Waals surface area contributed by atoms with Gasteiger partial charge in [-0.3, -0.25) is 9.36 Å². The standard InChI is InChI=1S/C19H20N2O2S2/c22-10-11-24-19-20-17-16(14-8-4-5-9-15(14)25-17)18(23)21(19)12-13-6-2-1-3-7-13/h1-3,6-7,22H,4-5,8-12H2. The van der Waals surface area contributed by atoms with Crippen LogP contribution in [0.15, 0.2) is 40.3 Å². The van der Waals surface area contributed by atoms with Gasteiger partial charge in [0.05, 0.1) is 18.5 Å². The number of aliphatic hydroxyl groups excluding tert-OH is 1. The van der Waals surface area contributed by atoms with Crippen LogP contribution in [0.2, 0.25) is 0 Å². The summed E-state index contributed by atoms with van der Waals surface area (Å²) in [6.07, 6.45) is 4.40. The first kappa shape index (κ1) is 16.8. The molecule has 1 aliphatic rings. The largest absolute Gasteiger partial charge is 0.396 e. The second-order valence-corrected chi connectivity index (χ2v) is 8.38. The smallest absolute Gasteiger partial charge is 0.263 e. The zero-order chi connectivity index (χ0) is 17.2. The third-order valence-corrected chi connectivity index (χ3v) is 6.69. The SMILES string of the molecule is O=c1c2c3c(sc2nc(SCCO)n1Cc1ccccc1)CCCC3. The first-order valence-corrected chi connectivity index (χ1v) is 10.4. The second kappa shape index (κ2) is 7.32. The Morgan fingerprint density at radius 2 is 2.00 bits per heavy atom. The molecule has 1 aromatic carbocycles. The highest BCUT2D eigenvalue weighted by atomic mass is 32.2. The van der Waals surface area contributed by atoms with Gasteiger partial charge in [-0.25, -0.2) is 4.98 Å². The van der Waals surface area contributed by atoms with E-state index in [2.05, 4.69) is 0 Å². The van der Waals surface area contributed by atoms with E-state index in [1.54, 1.807) is 15.9 Å². The summed E-state index contributed by atoms with van der Waals surface area (Å²) >= 11 is 3.13. The maximum Gasteiger partial charge on any atom is 0.263 e. The molecule has 0 radical (unpaired) electrons. The summed E-state index contributed by atoms with van der Waals surface area (Å²) in [6.45, 7) is 0.589. The zero-order valence-electron chi connectivity index (χ0n) is 13.9. The number of nitrogens with zero attached hydrogens (tertiary/aromatic N) is 2. The summed E-state index contributed by atoms with van der Waals surface area (Å²) in [6, 6.07) is 10.0. The minimum absolute atomic E-state index is 0.0636. The van der Waals surface area contributed by atoms with Gasteiger partial charge >= 0.3 is 0 Å². The van der Waals surface area contributed by atoms with E-state index in [0.29, 0.717) is 17.5 Å². The molecule has 4 rings (SSSR count). The van der Waals surface area contributed by atoms with Crippen LogP contribution >= 0.6 is 23.1 Å². The molecule has 0 amide bonds. The number of thiophene rings is 1. The number of rotatable bonds is 5. The van der Waals surface area contributed by atoms with E-state index < -0.39 is 0 Å². The van der Waals surface area contributed by atoms with Crippen LogP contribution in [0.5, 0.6) is 0 Å². The lowest BCUT2D eigenvalue weighted by atomic mass is 9.97. The average Bonchev–Trinajstić information content (AvgIpc) is 3.02. The highest BCUT2D eigenvalue weighted by Crippen LogP contribution is 2.34. The monoisotopic (exact) mass is 372 g/mol. The van der Waals surface area contributed by atoms with Crippen molar-refractivity contribution in [1.29, 1.82) is 0 Å². The Balaban J connectivity index is 1.88. The van der Waals surface area contributed by atoms with Gasteiger partial charge in [-0.1, -0.05) is 42.1 Å². The number of thioether (sulfide) groups is 1. The lowest BCUT2D eigenvalue weighted by Crippen LogP contribution is -2.24. The molecule has 1 N–H and O–H groups in total. The minimum atomic E-state index is 0.0636. The van der Waals surface area contributed by atoms with E-state index >= 15 is 0 Å². The van der Waals surface area contributed by atoms with Crippen molar-refractivity contribution in [1.82, 2.24) is 9.55 Å². The maximum absolute atomic E-state index is 13.3. The van der Waals surface area contributed by atoms with E-state index in [0.717, 1.165) is 35.0 Å². The minimum Gasteiger partial charge on any atom is -0.396 e. The Labute approximate surface area is 154 Å². The molecule has 0 aliphatic heterocycles. The first-order valence-electron chi connectivity index (χ1n) is 8.60. The third-order valence-electron chi connectivity index (χ3n) is 4.55. The van der Waals surface area contributed by atoms with Crippen molar-refractivity contribution < 1.29 is 5.11 Å². The van der Waals surface area contributed by atoms with Crippen molar-refractivity contribution >= 4 is 33.3 Å². The maximum atomic E-state index is 13.3. The Hall–Kier alpha value is -1.63. The van der Waals surface area contributed by atoms with Gasteiger partial charge in [0, 0.05) is 10.6 Å². The van der Waals surface area contributed by atoms with Crippen molar-refractivity contribution in [2.45, 2.75) is 37.4 Å². The Morgan fingerprint density at radius 3 is 2.80 bits per heavy atom. The number of aryl methyl sites for hydroxylation is 2. The number of benzene rings is 1. The lowest BCUT2D eigenvalue weighted by Gasteiger charge is -2.13. The fourth-order valence-corrected chi connectivity index (χ4v) is 5.41. The Morgan fingerprint density at radius 1 is 1.20 bits per heavy atom. The molecule has 0 unspecified atom stereocenters. The second-order valence-electron chi connectivity index (χ2n) is 6.23. The summed E-state index contributed by atoms with van der Waals surface area (Å²) in [7, 11) is 0. The quantitative estimate of drug-likeness (QED) is 0.550. The Kier molecular flexibility index (Phi) is 4.92. The van der Waals surface area contributed by atoms with Crippen LogP contribution in [0.1, 0.15) is 28.8 Å². The van der Waals surface area contributed by atoms with Crippen LogP contribution in [-0.2, 0) is 19.4 Å². The van der Waals surface area contributed by atoms with E-state index in [1.807, 2.05) is 30.3 Å². The number of hydrogen-bond donors (Lipinski definition) is 1. The predicted octanol–water partition coefficient (Wildman–Crippen LogP) is 3.47. The molecule has 1 aliphatic carbocycles. The lowest BCUT2D eigenvalue weighted by molar-refractivity contribution is 0.322. The molecular formula is C19H20N2O2S2. The summed E-state index contributed by atoms with van der Waals surface area (Å²) in [5, 5.41) is 10.7. The van der Waals surface area contributed by atoms with Gasteiger partial charge in [0.15, 0.2) is 5.16 Å². The van der Waals surface area contributed by atoms with E-state index in [1.165, 1.54) is 28.6 Å². The molecule has 6 heteroatoms. The summed E-state index contributed by atoms with van der Waals surface area (Å²) in [5.41, 5.74) is 2.37. The van der Waals surface area contributed by atoms with Gasteiger partial charge in [-0.15, -0.1) is 11.3 Å². The fourth-order valence-electron chi connectivity index (χ4n) is 3.37. The highest BCUT2D eigenvalue weighted by molar-refractivity contribution is 7.99. The average molecular weight is 373 g/mol. The van der Waals surface area contributed by atoms with Crippen molar-refractivity contribution in [2.24, 2.45) is 0 Å². The molecule has 0 saturated carbocycles. The number of aromatic nitrogens is 2. The Bertz CT molecular complexity index is 947. The fraction of sp³-hybridized carbons (Fsp3) is 0.368. The molecule has 3 aromatic rings. The highest BCUT2D eigenvalue weighted by Gasteiger charge is 2.22. The summed E-state index contributed by atoms with van der Waals surface area (Å²) in [5.74, 6) is 0.540. The molecule has 130 valence electrons. The van der Waals surface area contributed by atoms with Crippen LogP contribution in [0, 0.1) is 0 Å². The van der Waals surface area contributed by atoms with Gasteiger partial charge < -0.3 is 5.11 Å². The van der Waals surface area contributed by atoms with Crippen LogP contribution in [0.3, 0.4) is 0 Å². The van der Waals surface area contributed by atoms with Crippen LogP contribution in [-0.4, -0.2) is 27.0 Å². The molecule has 25 heavy (non-hydrogen) atoms. The van der Waals surface area contributed by atoms with Gasteiger partial charge in [0.25, 0.3) is 5.56 Å². The van der Waals surface area contributed by atoms with E-state index in [9.17, 15) is 9.90 Å². The van der Waals surface area contributed by atoms with Crippen LogP contribution < -0.4 is 5.56 Å². The third kappa shape index (κ3) is 3.26. The summed E-state index contributed by atoms with van der Waals surface area (Å²) < 4.78 is 1.78. The van der Waals surface area contributed by atoms with Gasteiger partial charge in [0.1, 0.15) is 4.83 Å². The molecule has 0 bridgehead atoms. The van der Waals surface area contributed by atoms with Gasteiger partial charge in [-0.2, -0.15) is 0 Å². The topological polar surface area (TPSA) is 55.1 Å². The predicted molar refractivity (Wildman–Crippen MR) is 104 cm³/mol. The van der Waals surface area contributed by atoms with E-state index in [-0.39, 0.29) is 12.2 Å². The van der Waals surface area contributed by atoms with Crippen molar-refractivity contribution in [3.8, 4) is 0 Å². The number of aliphatic hydroxyl groups is 1. The molecule has 0 saturated heterocycles. The zero-order valence-corrected chi connectivity index (χ0v) is 15.5. The first-order chi connectivity index (χ1) is 12.3. The normalized spacial score (nSPS) is 14.0. The van der Waals surface area contributed by atoms with Crippen molar-refractivity contribution in [2.75, 3.05) is 12.4 Å². The number of hydrogen-bond acceptors (Lipinski definition) is 5. The molecule has 2 aromatic heterocycles. The molecule has 0 fully saturated rings.